The molecule has 13 heteroatoms. The monoisotopic (exact) mass is 360 g/mol. The van der Waals surface area contributed by atoms with Crippen molar-refractivity contribution in [2.75, 3.05) is 0 Å². The second-order valence-corrected chi connectivity index (χ2v) is 4.81. The molecule has 0 aromatic rings. The van der Waals surface area contributed by atoms with Crippen molar-refractivity contribution < 1.29 is 58.4 Å². The topological polar surface area (TPSA) is 27.6 Å². The van der Waals surface area contributed by atoms with Gasteiger partial charge in [-0.05, 0) is 0 Å². The van der Waals surface area contributed by atoms with E-state index in [0.717, 1.165) is 0 Å². The molecule has 1 unspecified atom stereocenters. The second kappa shape index (κ2) is 5.06. The minimum Gasteiger partial charge on any atom is -0.320 e. The molecule has 0 aliphatic heterocycles. The van der Waals surface area contributed by atoms with Gasteiger partial charge in [0.25, 0.3) is 0 Å². The maximum absolute atomic E-state index is 13.5. The van der Waals surface area contributed by atoms with Crippen LogP contribution in [0.4, 0.5) is 52.7 Å². The Morgan fingerprint density at radius 1 is 0.545 bits per heavy atom. The summed E-state index contributed by atoms with van der Waals surface area (Å²) < 4.78 is 152. The Morgan fingerprint density at radius 2 is 0.818 bits per heavy atom. The molecular formula is C9H10F12N+. The molecule has 0 aliphatic carbocycles. The van der Waals surface area contributed by atoms with Gasteiger partial charge in [-0.3, -0.25) is 0 Å². The number of hydrogen-bond acceptors (Lipinski definition) is 0. The lowest BCUT2D eigenvalue weighted by Gasteiger charge is -2.40. The average molecular weight is 360 g/mol. The van der Waals surface area contributed by atoms with Crippen LogP contribution >= 0.6 is 0 Å². The van der Waals surface area contributed by atoms with Crippen molar-refractivity contribution in [2.24, 2.45) is 5.92 Å². The van der Waals surface area contributed by atoms with E-state index in [9.17, 15) is 52.7 Å². The van der Waals surface area contributed by atoms with Crippen molar-refractivity contribution in [2.45, 2.75) is 49.5 Å². The van der Waals surface area contributed by atoms with Gasteiger partial charge in [0.2, 0.25) is 0 Å². The highest BCUT2D eigenvalue weighted by atomic mass is 19.4. The third kappa shape index (κ3) is 2.50. The van der Waals surface area contributed by atoms with Crippen molar-refractivity contribution in [3.05, 3.63) is 0 Å². The van der Waals surface area contributed by atoms with Crippen LogP contribution < -0.4 is 5.73 Å². The molecule has 134 valence electrons. The van der Waals surface area contributed by atoms with E-state index in [2.05, 4.69) is 0 Å². The predicted molar refractivity (Wildman–Crippen MR) is 47.4 cm³/mol. The van der Waals surface area contributed by atoms with E-state index in [1.54, 1.807) is 0 Å². The van der Waals surface area contributed by atoms with E-state index in [1.807, 2.05) is 5.73 Å². The lowest BCUT2D eigenvalue weighted by Crippen LogP contribution is -2.85. The fourth-order valence-corrected chi connectivity index (χ4v) is 1.20. The summed E-state index contributed by atoms with van der Waals surface area (Å²) in [5.41, 5.74) is 1.91. The van der Waals surface area contributed by atoms with Crippen LogP contribution in [0.3, 0.4) is 0 Å². The molecule has 0 aromatic heterocycles. The molecule has 0 rings (SSSR count). The molecule has 3 N–H and O–H groups in total. The summed E-state index contributed by atoms with van der Waals surface area (Å²) >= 11 is 0. The van der Waals surface area contributed by atoms with Crippen molar-refractivity contribution in [1.82, 2.24) is 0 Å². The minimum atomic E-state index is -7.62. The molecule has 22 heavy (non-hydrogen) atoms. The van der Waals surface area contributed by atoms with Gasteiger partial charge in [-0.15, -0.1) is 0 Å². The van der Waals surface area contributed by atoms with Crippen molar-refractivity contribution in [3.63, 3.8) is 0 Å². The molecule has 0 radical (unpaired) electrons. The SMILES string of the molecule is CC(C)C([NH3+])(F)C(F)(F)C(F)(F)C(F)(F)C(F)(F)C(F)(F)F. The first-order valence-corrected chi connectivity index (χ1v) is 5.31. The molecule has 0 aliphatic rings. The summed E-state index contributed by atoms with van der Waals surface area (Å²) in [6.45, 7) is 0.939. The maximum atomic E-state index is 13.5. The molecule has 0 aromatic carbocycles. The Bertz CT molecular complexity index is 407. The summed E-state index contributed by atoms with van der Waals surface area (Å²) in [6, 6.07) is 0. The minimum absolute atomic E-state index is 0.469. The summed E-state index contributed by atoms with van der Waals surface area (Å²) in [5, 5.41) is 0. The van der Waals surface area contributed by atoms with E-state index >= 15 is 0 Å². The first-order valence-electron chi connectivity index (χ1n) is 5.31. The number of quaternary nitrogens is 1. The van der Waals surface area contributed by atoms with E-state index in [1.165, 1.54) is 0 Å². The molecule has 1 nitrogen and oxygen atoms in total. The quantitative estimate of drug-likeness (QED) is 0.573. The summed E-state index contributed by atoms with van der Waals surface area (Å²) in [4.78, 5) is 0. The van der Waals surface area contributed by atoms with Crippen LogP contribution in [0.2, 0.25) is 0 Å². The zero-order valence-electron chi connectivity index (χ0n) is 10.8. The summed E-state index contributed by atoms with van der Waals surface area (Å²) in [5.74, 6) is -36.1. The van der Waals surface area contributed by atoms with Crippen molar-refractivity contribution in [1.29, 1.82) is 0 Å². The molecule has 1 atom stereocenters. The van der Waals surface area contributed by atoms with Crippen LogP contribution in [0.1, 0.15) is 13.8 Å². The van der Waals surface area contributed by atoms with Gasteiger partial charge in [-0.1, -0.05) is 13.8 Å². The largest absolute Gasteiger partial charge is 0.460 e. The predicted octanol–water partition coefficient (Wildman–Crippen LogP) is 3.65. The maximum Gasteiger partial charge on any atom is 0.460 e. The van der Waals surface area contributed by atoms with Gasteiger partial charge in [-0.2, -0.15) is 52.7 Å². The zero-order chi connectivity index (χ0) is 18.6. The highest BCUT2D eigenvalue weighted by Crippen LogP contribution is 2.59. The molecular weight excluding hydrogens is 350 g/mol. The van der Waals surface area contributed by atoms with Gasteiger partial charge in [0.1, 0.15) is 0 Å². The number of halogens is 12. The normalized spacial score (nSPS) is 18.5. The zero-order valence-corrected chi connectivity index (χ0v) is 10.8. The van der Waals surface area contributed by atoms with E-state index in [4.69, 9.17) is 0 Å². The lowest BCUT2D eigenvalue weighted by molar-refractivity contribution is -0.601. The third-order valence-corrected chi connectivity index (χ3v) is 2.98. The van der Waals surface area contributed by atoms with Crippen molar-refractivity contribution >= 4 is 0 Å². The van der Waals surface area contributed by atoms with Gasteiger partial charge < -0.3 is 5.73 Å². The van der Waals surface area contributed by atoms with Gasteiger partial charge in [0.05, 0.1) is 0 Å². The van der Waals surface area contributed by atoms with Crippen LogP contribution in [0.15, 0.2) is 0 Å². The van der Waals surface area contributed by atoms with E-state index in [-0.39, 0.29) is 0 Å². The molecule has 0 fully saturated rings. The van der Waals surface area contributed by atoms with Crippen LogP contribution in [0, 0.1) is 5.92 Å². The molecule has 0 bridgehead atoms. The van der Waals surface area contributed by atoms with E-state index in [0.29, 0.717) is 13.8 Å². The van der Waals surface area contributed by atoms with Gasteiger partial charge in [-0.25, -0.2) is 0 Å². The van der Waals surface area contributed by atoms with Gasteiger partial charge >= 0.3 is 35.7 Å². The van der Waals surface area contributed by atoms with Gasteiger partial charge in [0, 0.05) is 5.92 Å². The average Bonchev–Trinajstić information content (AvgIpc) is 2.25. The number of hydrogen-bond donors (Lipinski definition) is 1. The Labute approximate surface area is 115 Å². The first-order chi connectivity index (χ1) is 9.19. The second-order valence-electron chi connectivity index (χ2n) is 4.81. The van der Waals surface area contributed by atoms with Crippen molar-refractivity contribution in [3.8, 4) is 0 Å². The Balaban J connectivity index is 6.24. The lowest BCUT2D eigenvalue weighted by atomic mass is 9.86. The van der Waals surface area contributed by atoms with Crippen LogP contribution in [0.5, 0.6) is 0 Å². The van der Waals surface area contributed by atoms with Crippen LogP contribution in [-0.4, -0.2) is 35.7 Å². The molecule has 0 saturated carbocycles. The molecule has 0 saturated heterocycles. The molecule has 0 amide bonds. The highest BCUT2D eigenvalue weighted by Gasteiger charge is 2.91. The summed E-state index contributed by atoms with van der Waals surface area (Å²) in [6.07, 6.45) is -7.27. The standard InChI is InChI=1S/C9H9F12N/c1-3(2)4(10,22)5(11,12)6(13,14)7(15,16)8(17,18)9(19,20)21/h3H,22H2,1-2H3/p+1. The molecule has 0 heterocycles. The number of rotatable bonds is 5. The fraction of sp³-hybridized carbons (Fsp3) is 1.00. The summed E-state index contributed by atoms with van der Waals surface area (Å²) in [7, 11) is 0. The Morgan fingerprint density at radius 3 is 1.05 bits per heavy atom. The number of alkyl halides is 12. The highest BCUT2D eigenvalue weighted by molar-refractivity contribution is 5.10. The fourth-order valence-electron chi connectivity index (χ4n) is 1.20. The third-order valence-electron chi connectivity index (χ3n) is 2.98. The first kappa shape index (κ1) is 21.1. The van der Waals surface area contributed by atoms with Crippen LogP contribution in [0.25, 0.3) is 0 Å². The van der Waals surface area contributed by atoms with E-state index < -0.39 is 41.6 Å². The Hall–Kier alpha value is -0.880. The van der Waals surface area contributed by atoms with Crippen LogP contribution in [-0.2, 0) is 0 Å². The molecule has 0 spiro atoms. The smallest absolute Gasteiger partial charge is 0.320 e. The Kier molecular flexibility index (Phi) is 4.86. The van der Waals surface area contributed by atoms with Gasteiger partial charge in [0.15, 0.2) is 0 Å².